The number of fused-ring (bicyclic) bond motifs is 1. The van der Waals surface area contributed by atoms with Crippen LogP contribution in [0.25, 0.3) is 0 Å². The summed E-state index contributed by atoms with van der Waals surface area (Å²) in [6, 6.07) is 0. The first-order valence-electron chi connectivity index (χ1n) is 5.03. The molecule has 0 amide bonds. The van der Waals surface area contributed by atoms with Crippen LogP contribution in [0, 0.1) is 0 Å². The van der Waals surface area contributed by atoms with Gasteiger partial charge in [-0.15, -0.1) is 0 Å². The monoisotopic (exact) mass is 180 g/mol. The van der Waals surface area contributed by atoms with Crippen LogP contribution < -0.4 is 0 Å². The second-order valence-electron chi connectivity index (χ2n) is 4.00. The Morgan fingerprint density at radius 1 is 1.00 bits per heavy atom. The molecule has 3 aliphatic rings. The Morgan fingerprint density at radius 3 is 2.64 bits per heavy atom. The minimum atomic E-state index is 1.11. The molecule has 0 aromatic carbocycles. The molecule has 0 atom stereocenters. The second-order valence-corrected chi connectivity index (χ2v) is 4.00. The SMILES string of the molecule is CC1=CC(C2=C3C=CC=C3C=C2)=CC1. The van der Waals surface area contributed by atoms with Gasteiger partial charge in [-0.3, -0.25) is 0 Å². The molecule has 14 heavy (non-hydrogen) atoms. The van der Waals surface area contributed by atoms with Crippen molar-refractivity contribution in [3.8, 4) is 0 Å². The van der Waals surface area contributed by atoms with Crippen LogP contribution in [-0.2, 0) is 0 Å². The fourth-order valence-corrected chi connectivity index (χ4v) is 2.18. The van der Waals surface area contributed by atoms with Gasteiger partial charge in [0.2, 0.25) is 0 Å². The summed E-state index contributed by atoms with van der Waals surface area (Å²) in [6.07, 6.45) is 16.7. The van der Waals surface area contributed by atoms with E-state index in [1.807, 2.05) is 0 Å². The highest BCUT2D eigenvalue weighted by atomic mass is 14.2. The fraction of sp³-hybridized carbons (Fsp3) is 0.143. The fourth-order valence-electron chi connectivity index (χ4n) is 2.18. The molecule has 0 nitrogen and oxygen atoms in total. The van der Waals surface area contributed by atoms with Crippen molar-refractivity contribution in [3.63, 3.8) is 0 Å². The lowest BCUT2D eigenvalue weighted by Crippen LogP contribution is -1.83. The van der Waals surface area contributed by atoms with Crippen molar-refractivity contribution in [3.05, 3.63) is 70.4 Å². The number of allylic oxidation sites excluding steroid dienone is 12. The molecule has 0 aliphatic heterocycles. The molecule has 0 saturated carbocycles. The molecule has 0 aromatic rings. The highest BCUT2D eigenvalue weighted by molar-refractivity contribution is 5.70. The van der Waals surface area contributed by atoms with E-state index in [0.717, 1.165) is 6.42 Å². The summed E-state index contributed by atoms with van der Waals surface area (Å²) >= 11 is 0. The van der Waals surface area contributed by atoms with E-state index in [0.29, 0.717) is 0 Å². The first-order valence-corrected chi connectivity index (χ1v) is 5.03. The molecule has 0 heterocycles. The van der Waals surface area contributed by atoms with Crippen LogP contribution >= 0.6 is 0 Å². The van der Waals surface area contributed by atoms with E-state index in [2.05, 4.69) is 49.5 Å². The Kier molecular flexibility index (Phi) is 1.51. The van der Waals surface area contributed by atoms with E-state index in [1.165, 1.54) is 27.9 Å². The largest absolute Gasteiger partial charge is 0.0726 e. The molecule has 3 rings (SSSR count). The first kappa shape index (κ1) is 7.81. The van der Waals surface area contributed by atoms with E-state index in [9.17, 15) is 0 Å². The van der Waals surface area contributed by atoms with Gasteiger partial charge in [-0.2, -0.15) is 0 Å². The van der Waals surface area contributed by atoms with Crippen molar-refractivity contribution in [2.75, 3.05) is 0 Å². The third-order valence-corrected chi connectivity index (χ3v) is 2.93. The predicted molar refractivity (Wildman–Crippen MR) is 59.8 cm³/mol. The third-order valence-electron chi connectivity index (χ3n) is 2.93. The molecule has 3 aliphatic carbocycles. The van der Waals surface area contributed by atoms with Gasteiger partial charge in [-0.05, 0) is 35.6 Å². The van der Waals surface area contributed by atoms with Crippen LogP contribution in [0.5, 0.6) is 0 Å². The molecule has 0 spiro atoms. The van der Waals surface area contributed by atoms with Gasteiger partial charge in [0.25, 0.3) is 0 Å². The summed E-state index contributed by atoms with van der Waals surface area (Å²) in [5.74, 6) is 0. The lowest BCUT2D eigenvalue weighted by molar-refractivity contribution is 1.25. The van der Waals surface area contributed by atoms with Gasteiger partial charge in [-0.1, -0.05) is 48.1 Å². The molecule has 68 valence electrons. The smallest absolute Gasteiger partial charge is 0.0106 e. The van der Waals surface area contributed by atoms with Crippen LogP contribution in [0.1, 0.15) is 13.3 Å². The molecule has 0 aromatic heterocycles. The minimum Gasteiger partial charge on any atom is -0.0726 e. The molecule has 0 fully saturated rings. The normalized spacial score (nSPS) is 22.8. The second kappa shape index (κ2) is 2.71. The lowest BCUT2D eigenvalue weighted by Gasteiger charge is -2.01. The van der Waals surface area contributed by atoms with Gasteiger partial charge in [0.05, 0.1) is 0 Å². The van der Waals surface area contributed by atoms with E-state index in [4.69, 9.17) is 0 Å². The highest BCUT2D eigenvalue weighted by Crippen LogP contribution is 2.36. The summed E-state index contributed by atoms with van der Waals surface area (Å²) in [5, 5.41) is 0. The standard InChI is InChI=1S/C14H12/c1-10-5-6-12(9-10)14-8-7-11-3-2-4-13(11)14/h2-4,6-9H,5H2,1H3. The Morgan fingerprint density at radius 2 is 1.86 bits per heavy atom. The summed E-state index contributed by atoms with van der Waals surface area (Å²) in [4.78, 5) is 0. The van der Waals surface area contributed by atoms with Crippen molar-refractivity contribution < 1.29 is 0 Å². The van der Waals surface area contributed by atoms with Gasteiger partial charge in [0, 0.05) is 0 Å². The summed E-state index contributed by atoms with van der Waals surface area (Å²) < 4.78 is 0. The van der Waals surface area contributed by atoms with Gasteiger partial charge in [0.15, 0.2) is 0 Å². The van der Waals surface area contributed by atoms with Gasteiger partial charge in [0.1, 0.15) is 0 Å². The van der Waals surface area contributed by atoms with E-state index in [1.54, 1.807) is 0 Å². The average Bonchev–Trinajstić information content (AvgIpc) is 2.77. The molecular weight excluding hydrogens is 168 g/mol. The molecular formula is C14H12. The Hall–Kier alpha value is -1.56. The topological polar surface area (TPSA) is 0 Å². The molecule has 0 unspecified atom stereocenters. The Bertz CT molecular complexity index is 474. The van der Waals surface area contributed by atoms with Crippen molar-refractivity contribution in [2.24, 2.45) is 0 Å². The van der Waals surface area contributed by atoms with Crippen molar-refractivity contribution in [1.82, 2.24) is 0 Å². The van der Waals surface area contributed by atoms with Crippen LogP contribution in [0.4, 0.5) is 0 Å². The predicted octanol–water partition coefficient (Wildman–Crippen LogP) is 3.63. The van der Waals surface area contributed by atoms with Crippen molar-refractivity contribution >= 4 is 0 Å². The number of hydrogen-bond acceptors (Lipinski definition) is 0. The Labute approximate surface area is 84.3 Å². The van der Waals surface area contributed by atoms with Crippen LogP contribution in [-0.4, -0.2) is 0 Å². The quantitative estimate of drug-likeness (QED) is 0.578. The van der Waals surface area contributed by atoms with Crippen LogP contribution in [0.3, 0.4) is 0 Å². The molecule has 0 saturated heterocycles. The van der Waals surface area contributed by atoms with E-state index < -0.39 is 0 Å². The molecule has 0 N–H and O–H groups in total. The maximum atomic E-state index is 2.32. The lowest BCUT2D eigenvalue weighted by atomic mass is 10.0. The minimum absolute atomic E-state index is 1.11. The maximum absolute atomic E-state index is 2.32. The van der Waals surface area contributed by atoms with Crippen molar-refractivity contribution in [1.29, 1.82) is 0 Å². The van der Waals surface area contributed by atoms with Gasteiger partial charge in [-0.25, -0.2) is 0 Å². The van der Waals surface area contributed by atoms with Gasteiger partial charge < -0.3 is 0 Å². The Balaban J connectivity index is 2.09. The van der Waals surface area contributed by atoms with Gasteiger partial charge >= 0.3 is 0 Å². The first-order chi connectivity index (χ1) is 6.84. The van der Waals surface area contributed by atoms with Crippen LogP contribution in [0.2, 0.25) is 0 Å². The number of rotatable bonds is 1. The zero-order valence-electron chi connectivity index (χ0n) is 8.25. The van der Waals surface area contributed by atoms with Crippen LogP contribution in [0.15, 0.2) is 70.4 Å². The molecule has 0 radical (unpaired) electrons. The maximum Gasteiger partial charge on any atom is -0.0106 e. The van der Waals surface area contributed by atoms with Crippen molar-refractivity contribution in [2.45, 2.75) is 13.3 Å². The summed E-state index contributed by atoms with van der Waals surface area (Å²) in [6.45, 7) is 2.19. The summed E-state index contributed by atoms with van der Waals surface area (Å²) in [7, 11) is 0. The highest BCUT2D eigenvalue weighted by Gasteiger charge is 2.17. The van der Waals surface area contributed by atoms with E-state index in [-0.39, 0.29) is 0 Å². The molecule has 0 bridgehead atoms. The number of hydrogen-bond donors (Lipinski definition) is 0. The zero-order chi connectivity index (χ0) is 9.54. The third kappa shape index (κ3) is 1.00. The zero-order valence-corrected chi connectivity index (χ0v) is 8.25. The van der Waals surface area contributed by atoms with E-state index >= 15 is 0 Å². The summed E-state index contributed by atoms with van der Waals surface area (Å²) in [5.41, 5.74) is 6.99. The average molecular weight is 180 g/mol. The molecule has 0 heteroatoms.